The van der Waals surface area contributed by atoms with Gasteiger partial charge in [0.1, 0.15) is 11.8 Å². The summed E-state index contributed by atoms with van der Waals surface area (Å²) in [6, 6.07) is 12.3. The van der Waals surface area contributed by atoms with Crippen LogP contribution < -0.4 is 15.8 Å². The van der Waals surface area contributed by atoms with Gasteiger partial charge in [0.05, 0.1) is 17.7 Å². The van der Waals surface area contributed by atoms with E-state index in [-0.39, 0.29) is 10.8 Å². The van der Waals surface area contributed by atoms with Crippen molar-refractivity contribution in [3.8, 4) is 5.75 Å². The molecule has 8 heteroatoms. The first-order valence-corrected chi connectivity index (χ1v) is 9.69. The highest BCUT2D eigenvalue weighted by Crippen LogP contribution is 2.28. The van der Waals surface area contributed by atoms with Crippen molar-refractivity contribution >= 4 is 27.3 Å². The molecular formula is C18H21N3O4S. The SMILES string of the molecule is COc1ccc(NC(=O)C2CCCN2S(=O)(=O)c2ccccc2)cc1N. The van der Waals surface area contributed by atoms with Crippen LogP contribution in [0.15, 0.2) is 53.4 Å². The van der Waals surface area contributed by atoms with Gasteiger partial charge >= 0.3 is 0 Å². The molecule has 1 aliphatic rings. The van der Waals surface area contributed by atoms with Gasteiger partial charge in [-0.3, -0.25) is 4.79 Å². The molecule has 138 valence electrons. The van der Waals surface area contributed by atoms with Gasteiger partial charge in [0, 0.05) is 12.2 Å². The summed E-state index contributed by atoms with van der Waals surface area (Å²) in [6.45, 7) is 0.320. The number of rotatable bonds is 5. The van der Waals surface area contributed by atoms with Crippen molar-refractivity contribution in [3.63, 3.8) is 0 Å². The zero-order valence-corrected chi connectivity index (χ0v) is 15.2. The van der Waals surface area contributed by atoms with E-state index in [9.17, 15) is 13.2 Å². The molecule has 1 atom stereocenters. The predicted molar refractivity (Wildman–Crippen MR) is 99.4 cm³/mol. The fourth-order valence-electron chi connectivity index (χ4n) is 3.06. The zero-order valence-electron chi connectivity index (χ0n) is 14.4. The second-order valence-corrected chi connectivity index (χ2v) is 7.92. The first kappa shape index (κ1) is 18.2. The van der Waals surface area contributed by atoms with Gasteiger partial charge < -0.3 is 15.8 Å². The van der Waals surface area contributed by atoms with Crippen molar-refractivity contribution in [2.45, 2.75) is 23.8 Å². The molecule has 7 nitrogen and oxygen atoms in total. The Balaban J connectivity index is 1.80. The number of nitrogens with zero attached hydrogens (tertiary/aromatic N) is 1. The summed E-state index contributed by atoms with van der Waals surface area (Å²) in [7, 11) is -2.21. The van der Waals surface area contributed by atoms with Crippen LogP contribution in [0.5, 0.6) is 5.75 Å². The van der Waals surface area contributed by atoms with Crippen LogP contribution in [0.3, 0.4) is 0 Å². The summed E-state index contributed by atoms with van der Waals surface area (Å²) in [5.41, 5.74) is 6.74. The highest BCUT2D eigenvalue weighted by atomic mass is 32.2. The van der Waals surface area contributed by atoms with Crippen molar-refractivity contribution in [2.75, 3.05) is 24.7 Å². The number of carbonyl (C=O) groups is 1. The van der Waals surface area contributed by atoms with Gasteiger partial charge in [0.25, 0.3) is 0 Å². The molecule has 2 aromatic carbocycles. The number of sulfonamides is 1. The predicted octanol–water partition coefficient (Wildman–Crippen LogP) is 2.07. The van der Waals surface area contributed by atoms with Gasteiger partial charge in [-0.2, -0.15) is 4.31 Å². The molecule has 1 aliphatic heterocycles. The van der Waals surface area contributed by atoms with Gasteiger partial charge in [-0.15, -0.1) is 0 Å². The van der Waals surface area contributed by atoms with E-state index in [0.717, 1.165) is 0 Å². The van der Waals surface area contributed by atoms with Crippen LogP contribution in [0.2, 0.25) is 0 Å². The lowest BCUT2D eigenvalue weighted by atomic mass is 10.2. The molecular weight excluding hydrogens is 354 g/mol. The first-order valence-electron chi connectivity index (χ1n) is 8.25. The van der Waals surface area contributed by atoms with Crippen molar-refractivity contribution in [2.24, 2.45) is 0 Å². The molecule has 1 amide bonds. The summed E-state index contributed by atoms with van der Waals surface area (Å²) in [5.74, 6) is 0.142. The Morgan fingerprint density at radius 2 is 1.96 bits per heavy atom. The van der Waals surface area contributed by atoms with Crippen LogP contribution in [-0.4, -0.2) is 38.3 Å². The minimum absolute atomic E-state index is 0.188. The molecule has 0 spiro atoms. The molecule has 2 aromatic rings. The lowest BCUT2D eigenvalue weighted by molar-refractivity contribution is -0.119. The van der Waals surface area contributed by atoms with E-state index in [2.05, 4.69) is 5.32 Å². The third kappa shape index (κ3) is 3.51. The zero-order chi connectivity index (χ0) is 18.7. The number of nitrogens with one attached hydrogen (secondary N) is 1. The maximum absolute atomic E-state index is 12.8. The van der Waals surface area contributed by atoms with Gasteiger partial charge in [0.2, 0.25) is 15.9 Å². The number of nitrogen functional groups attached to an aromatic ring is 1. The molecule has 0 radical (unpaired) electrons. The highest BCUT2D eigenvalue weighted by Gasteiger charge is 2.39. The topological polar surface area (TPSA) is 102 Å². The normalized spacial score (nSPS) is 17.8. The Bertz CT molecular complexity index is 900. The van der Waals surface area contributed by atoms with Crippen LogP contribution in [0.4, 0.5) is 11.4 Å². The number of ether oxygens (including phenoxy) is 1. The van der Waals surface area contributed by atoms with Crippen LogP contribution >= 0.6 is 0 Å². The van der Waals surface area contributed by atoms with Gasteiger partial charge in [-0.25, -0.2) is 8.42 Å². The lowest BCUT2D eigenvalue weighted by Gasteiger charge is -2.23. The Kier molecular flexibility index (Phi) is 5.15. The summed E-state index contributed by atoms with van der Waals surface area (Å²) in [6.07, 6.45) is 1.11. The molecule has 1 fully saturated rings. The fourth-order valence-corrected chi connectivity index (χ4v) is 4.73. The minimum Gasteiger partial charge on any atom is -0.495 e. The molecule has 1 heterocycles. The number of hydrogen-bond donors (Lipinski definition) is 2. The van der Waals surface area contributed by atoms with E-state index in [4.69, 9.17) is 10.5 Å². The molecule has 26 heavy (non-hydrogen) atoms. The number of anilines is 2. The largest absolute Gasteiger partial charge is 0.495 e. The van der Waals surface area contributed by atoms with Gasteiger partial charge in [0.15, 0.2) is 0 Å². The smallest absolute Gasteiger partial charge is 0.243 e. The fraction of sp³-hybridized carbons (Fsp3) is 0.278. The maximum atomic E-state index is 12.8. The van der Waals surface area contributed by atoms with E-state index in [0.29, 0.717) is 36.5 Å². The number of methoxy groups -OCH3 is 1. The standard InChI is InChI=1S/C18H21N3O4S/c1-25-17-10-9-13(12-15(17)19)20-18(22)16-8-5-11-21(16)26(23,24)14-6-3-2-4-7-14/h2-4,6-7,9-10,12,16H,5,8,11,19H2,1H3,(H,20,22). The van der Waals surface area contributed by atoms with Crippen molar-refractivity contribution in [1.29, 1.82) is 0 Å². The number of amides is 1. The third-order valence-corrected chi connectivity index (χ3v) is 6.28. The molecule has 0 saturated carbocycles. The van der Waals surface area contributed by atoms with Crippen LogP contribution in [0, 0.1) is 0 Å². The Hall–Kier alpha value is -2.58. The summed E-state index contributed by atoms with van der Waals surface area (Å²) < 4.78 is 32.1. The molecule has 0 aliphatic carbocycles. The van der Waals surface area contributed by atoms with Crippen LogP contribution in [-0.2, 0) is 14.8 Å². The minimum atomic E-state index is -3.72. The average molecular weight is 375 g/mol. The van der Waals surface area contributed by atoms with Crippen LogP contribution in [0.25, 0.3) is 0 Å². The van der Waals surface area contributed by atoms with E-state index in [1.54, 1.807) is 36.4 Å². The van der Waals surface area contributed by atoms with Crippen molar-refractivity contribution in [3.05, 3.63) is 48.5 Å². The monoisotopic (exact) mass is 375 g/mol. The second kappa shape index (κ2) is 7.35. The van der Waals surface area contributed by atoms with E-state index in [1.807, 2.05) is 0 Å². The van der Waals surface area contributed by atoms with E-state index < -0.39 is 16.1 Å². The van der Waals surface area contributed by atoms with Crippen molar-refractivity contribution < 1.29 is 17.9 Å². The summed E-state index contributed by atoms with van der Waals surface area (Å²) in [5, 5.41) is 2.75. The quantitative estimate of drug-likeness (QED) is 0.779. The van der Waals surface area contributed by atoms with Crippen molar-refractivity contribution in [1.82, 2.24) is 4.31 Å². The first-order chi connectivity index (χ1) is 12.4. The maximum Gasteiger partial charge on any atom is 0.243 e. The Morgan fingerprint density at radius 1 is 1.23 bits per heavy atom. The lowest BCUT2D eigenvalue weighted by Crippen LogP contribution is -2.43. The second-order valence-electron chi connectivity index (χ2n) is 6.03. The Labute approximate surface area is 152 Å². The van der Waals surface area contributed by atoms with Crippen LogP contribution in [0.1, 0.15) is 12.8 Å². The van der Waals surface area contributed by atoms with E-state index in [1.165, 1.54) is 23.5 Å². The van der Waals surface area contributed by atoms with Gasteiger partial charge in [-0.05, 0) is 43.2 Å². The Morgan fingerprint density at radius 3 is 2.62 bits per heavy atom. The molecule has 0 aromatic heterocycles. The molecule has 1 unspecified atom stereocenters. The highest BCUT2D eigenvalue weighted by molar-refractivity contribution is 7.89. The average Bonchev–Trinajstić information content (AvgIpc) is 3.13. The summed E-state index contributed by atoms with van der Waals surface area (Å²) >= 11 is 0. The number of benzene rings is 2. The number of carbonyl (C=O) groups excluding carboxylic acids is 1. The van der Waals surface area contributed by atoms with Gasteiger partial charge in [-0.1, -0.05) is 18.2 Å². The number of nitrogens with two attached hydrogens (primary N) is 1. The number of hydrogen-bond acceptors (Lipinski definition) is 5. The third-order valence-electron chi connectivity index (χ3n) is 4.35. The molecule has 1 saturated heterocycles. The molecule has 3 rings (SSSR count). The summed E-state index contributed by atoms with van der Waals surface area (Å²) in [4.78, 5) is 12.9. The molecule has 0 bridgehead atoms. The molecule has 3 N–H and O–H groups in total. The van der Waals surface area contributed by atoms with E-state index >= 15 is 0 Å².